The van der Waals surface area contributed by atoms with Crippen molar-refractivity contribution in [1.29, 1.82) is 5.26 Å². The average molecular weight is 649 g/mol. The highest BCUT2D eigenvalue weighted by Gasteiger charge is 2.30. The maximum absolute atomic E-state index is 13.8. The largest absolute Gasteiger partial charge is 0.369 e. The first kappa shape index (κ1) is 34.4. The van der Waals surface area contributed by atoms with Gasteiger partial charge in [-0.2, -0.15) is 15.3 Å². The van der Waals surface area contributed by atoms with E-state index in [4.69, 9.17) is 9.97 Å². The van der Waals surface area contributed by atoms with Crippen LogP contribution in [-0.4, -0.2) is 49.4 Å². The number of aromatic nitrogens is 5. The Bertz CT molecular complexity index is 1630. The topological polar surface area (TPSA) is 137 Å². The van der Waals surface area contributed by atoms with Crippen LogP contribution in [0, 0.1) is 17.2 Å². The van der Waals surface area contributed by atoms with Crippen molar-refractivity contribution in [3.63, 3.8) is 0 Å². The summed E-state index contributed by atoms with van der Waals surface area (Å²) < 4.78 is 1.76. The van der Waals surface area contributed by atoms with Crippen LogP contribution in [0.2, 0.25) is 0 Å². The zero-order chi connectivity index (χ0) is 33.7. The smallest absolute Gasteiger partial charge is 0.323 e. The van der Waals surface area contributed by atoms with E-state index < -0.39 is 0 Å². The maximum atomic E-state index is 13.8. The van der Waals surface area contributed by atoms with E-state index >= 15 is 0 Å². The number of hydrogen-bond acceptors (Lipinski definition) is 8. The summed E-state index contributed by atoms with van der Waals surface area (Å²) in [5, 5.41) is 24.0. The van der Waals surface area contributed by atoms with E-state index in [9.17, 15) is 10.1 Å². The van der Waals surface area contributed by atoms with Gasteiger partial charge in [-0.05, 0) is 62.1 Å². The molecule has 0 aliphatic heterocycles. The summed E-state index contributed by atoms with van der Waals surface area (Å²) >= 11 is 0. The first-order valence-electron chi connectivity index (χ1n) is 17.3. The highest BCUT2D eigenvalue weighted by molar-refractivity contribution is 5.91. The molecule has 1 aliphatic rings. The summed E-state index contributed by atoms with van der Waals surface area (Å²) in [5.74, 6) is 2.21. The van der Waals surface area contributed by atoms with Crippen molar-refractivity contribution >= 4 is 23.6 Å². The number of urea groups is 1. The highest BCUT2D eigenvalue weighted by atomic mass is 16.2. The third-order valence-electron chi connectivity index (χ3n) is 9.00. The van der Waals surface area contributed by atoms with Crippen molar-refractivity contribution in [3.8, 4) is 17.2 Å². The van der Waals surface area contributed by atoms with E-state index in [1.54, 1.807) is 10.9 Å². The molecular formula is C37H48N10O. The van der Waals surface area contributed by atoms with Crippen molar-refractivity contribution in [2.45, 2.75) is 90.3 Å². The Hall–Kier alpha value is -4.98. The maximum Gasteiger partial charge on any atom is 0.323 e. The molecule has 0 bridgehead atoms. The van der Waals surface area contributed by atoms with Crippen molar-refractivity contribution in [2.75, 3.05) is 22.1 Å². The predicted molar refractivity (Wildman–Crippen MR) is 190 cm³/mol. The van der Waals surface area contributed by atoms with Gasteiger partial charge in [0.05, 0.1) is 12.4 Å². The van der Waals surface area contributed by atoms with Gasteiger partial charge >= 0.3 is 6.03 Å². The molecule has 0 saturated heterocycles. The normalized spacial score (nSPS) is 16.7. The van der Waals surface area contributed by atoms with Crippen LogP contribution in [0.5, 0.6) is 0 Å². The van der Waals surface area contributed by atoms with Crippen LogP contribution in [0.25, 0.3) is 11.1 Å². The molecule has 3 N–H and O–H groups in total. The molecule has 4 aromatic rings. The van der Waals surface area contributed by atoms with Crippen LogP contribution < -0.4 is 20.9 Å². The van der Waals surface area contributed by atoms with Gasteiger partial charge < -0.3 is 16.0 Å². The Morgan fingerprint density at radius 2 is 1.90 bits per heavy atom. The van der Waals surface area contributed by atoms with Crippen LogP contribution >= 0.6 is 0 Å². The number of benzene rings is 1. The minimum atomic E-state index is -0.160. The van der Waals surface area contributed by atoms with Crippen LogP contribution in [0.3, 0.4) is 0 Å². The van der Waals surface area contributed by atoms with Crippen molar-refractivity contribution < 1.29 is 4.79 Å². The molecule has 0 spiro atoms. The van der Waals surface area contributed by atoms with E-state index in [2.05, 4.69) is 45.9 Å². The minimum absolute atomic E-state index is 0.0300. The number of nitriles is 1. The zero-order valence-corrected chi connectivity index (χ0v) is 28.4. The number of nitrogens with zero attached hydrogens (tertiary/aromatic N) is 7. The number of carbonyl (C=O) groups excluding carboxylic acids is 1. The SMILES string of the molecule is CCCCCC(C)CNc1nc(N[C@H]2CCC[C@H](N(C(=O)NCc3ccccc3)c3ccc(-c4cnn(C)c4)cn3)CC2)ncc1C#N. The fourth-order valence-corrected chi connectivity index (χ4v) is 6.24. The molecule has 252 valence electrons. The molecule has 11 heteroatoms. The number of carbonyl (C=O) groups is 1. The first-order chi connectivity index (χ1) is 23.4. The van der Waals surface area contributed by atoms with Crippen molar-refractivity contribution in [1.82, 2.24) is 30.0 Å². The number of rotatable bonds is 14. The minimum Gasteiger partial charge on any atom is -0.369 e. The van der Waals surface area contributed by atoms with Crippen LogP contribution in [-0.2, 0) is 13.6 Å². The number of anilines is 3. The third-order valence-corrected chi connectivity index (χ3v) is 9.00. The van der Waals surface area contributed by atoms with Gasteiger partial charge in [0.15, 0.2) is 0 Å². The van der Waals surface area contributed by atoms with Gasteiger partial charge in [0.25, 0.3) is 0 Å². The molecule has 1 fully saturated rings. The average Bonchev–Trinajstić information content (AvgIpc) is 3.42. The fourth-order valence-electron chi connectivity index (χ4n) is 6.24. The summed E-state index contributed by atoms with van der Waals surface area (Å²) in [7, 11) is 1.89. The Morgan fingerprint density at radius 1 is 1.04 bits per heavy atom. The Balaban J connectivity index is 1.26. The van der Waals surface area contributed by atoms with Gasteiger partial charge in [-0.1, -0.05) is 63.4 Å². The monoisotopic (exact) mass is 648 g/mol. The summed E-state index contributed by atoms with van der Waals surface area (Å²) in [6.07, 6.45) is 16.3. The van der Waals surface area contributed by atoms with E-state index in [-0.39, 0.29) is 18.1 Å². The molecule has 3 aromatic heterocycles. The van der Waals surface area contributed by atoms with Crippen molar-refractivity contribution in [2.24, 2.45) is 13.0 Å². The Kier molecular flexibility index (Phi) is 12.3. The standard InChI is InChI=1S/C37H48N10O/c1-4-5-7-11-27(2)21-40-35-30(20-38)24-41-36(45-35)44-32-14-10-15-33(18-17-32)47(37(48)42-22-28-12-8-6-9-13-28)34-19-16-29(23-39-34)31-25-43-46(3)26-31/h6,8-9,12-13,16,19,23-27,32-33H,4-5,7,10-11,14-15,17-18,21-22H2,1-3H3,(H,42,48)(H2,40,41,44,45)/t27?,32-,33-/m0/s1. The van der Waals surface area contributed by atoms with Crippen LogP contribution in [0.1, 0.15) is 82.8 Å². The van der Waals surface area contributed by atoms with Gasteiger partial charge in [0.2, 0.25) is 5.95 Å². The molecule has 11 nitrogen and oxygen atoms in total. The quantitative estimate of drug-likeness (QED) is 0.0957. The van der Waals surface area contributed by atoms with Gasteiger partial charge in [-0.15, -0.1) is 0 Å². The number of aryl methyl sites for hydroxylation is 1. The van der Waals surface area contributed by atoms with Crippen molar-refractivity contribution in [3.05, 3.63) is 78.4 Å². The predicted octanol–water partition coefficient (Wildman–Crippen LogP) is 7.30. The Labute approximate surface area is 284 Å². The zero-order valence-electron chi connectivity index (χ0n) is 28.4. The lowest BCUT2D eigenvalue weighted by atomic mass is 10.0. The summed E-state index contributed by atoms with van der Waals surface area (Å²) in [5.41, 5.74) is 3.41. The molecule has 3 atom stereocenters. The number of nitrogens with one attached hydrogen (secondary N) is 3. The van der Waals surface area contributed by atoms with Gasteiger partial charge in [0.1, 0.15) is 23.3 Å². The molecule has 1 aromatic carbocycles. The Morgan fingerprint density at radius 3 is 2.62 bits per heavy atom. The summed E-state index contributed by atoms with van der Waals surface area (Å²) in [6, 6.07) is 16.0. The second-order valence-corrected chi connectivity index (χ2v) is 12.9. The molecule has 3 heterocycles. The van der Waals surface area contributed by atoms with E-state index in [0.717, 1.165) is 61.8 Å². The number of hydrogen-bond donors (Lipinski definition) is 3. The van der Waals surface area contributed by atoms with Crippen LogP contribution in [0.4, 0.5) is 22.4 Å². The van der Waals surface area contributed by atoms with E-state index in [0.29, 0.717) is 35.6 Å². The van der Waals surface area contributed by atoms with E-state index in [1.807, 2.05) is 73.0 Å². The number of pyridine rings is 1. The lowest BCUT2D eigenvalue weighted by Crippen LogP contribution is -2.46. The summed E-state index contributed by atoms with van der Waals surface area (Å²) in [4.78, 5) is 29.6. The summed E-state index contributed by atoms with van der Waals surface area (Å²) in [6.45, 7) is 5.64. The van der Waals surface area contributed by atoms with Crippen LogP contribution in [0.15, 0.2) is 67.3 Å². The van der Waals surface area contributed by atoms with Gasteiger partial charge in [-0.25, -0.2) is 14.8 Å². The lowest BCUT2D eigenvalue weighted by molar-refractivity contribution is 0.242. The molecule has 1 unspecified atom stereocenters. The molecule has 2 amide bonds. The first-order valence-corrected chi connectivity index (χ1v) is 17.3. The molecule has 48 heavy (non-hydrogen) atoms. The molecule has 5 rings (SSSR count). The number of amides is 2. The second kappa shape index (κ2) is 17.3. The lowest BCUT2D eigenvalue weighted by Gasteiger charge is -2.30. The highest BCUT2D eigenvalue weighted by Crippen LogP contribution is 2.29. The van der Waals surface area contributed by atoms with Gasteiger partial charge in [0, 0.05) is 55.7 Å². The van der Waals surface area contributed by atoms with E-state index in [1.165, 1.54) is 19.3 Å². The number of unbranched alkanes of at least 4 members (excludes halogenated alkanes) is 2. The molecule has 1 aliphatic carbocycles. The molecule has 1 saturated carbocycles. The molecule has 0 radical (unpaired) electrons. The van der Waals surface area contributed by atoms with Gasteiger partial charge in [-0.3, -0.25) is 9.58 Å². The fraction of sp³-hybridized carbons (Fsp3) is 0.459. The molecular weight excluding hydrogens is 600 g/mol. The third kappa shape index (κ3) is 9.53. The second-order valence-electron chi connectivity index (χ2n) is 12.9.